The van der Waals surface area contributed by atoms with Crippen molar-refractivity contribution in [3.05, 3.63) is 35.5 Å². The predicted molar refractivity (Wildman–Crippen MR) is 77.4 cm³/mol. The maximum Gasteiger partial charge on any atom is 0.256 e. The average Bonchev–Trinajstić information content (AvgIpc) is 2.74. The Morgan fingerprint density at radius 3 is 2.89 bits per heavy atom. The minimum Gasteiger partial charge on any atom is -0.358 e. The molecule has 3 nitrogen and oxygen atoms in total. The number of para-hydroxylation sites is 1. The molecule has 1 aliphatic rings. The standard InChI is InChI=1S/C16H20N2O/c1-11-7-5-6-10-18(11)16(19)15-12(2)17-14-9-4-3-8-13(14)15/h3-4,8-9,11,17H,5-7,10H2,1-2H3. The minimum absolute atomic E-state index is 0.183. The van der Waals surface area contributed by atoms with Gasteiger partial charge in [0.25, 0.3) is 5.91 Å². The Morgan fingerprint density at radius 1 is 1.32 bits per heavy atom. The fourth-order valence-corrected chi connectivity index (χ4v) is 3.10. The first-order chi connectivity index (χ1) is 9.18. The van der Waals surface area contributed by atoms with Gasteiger partial charge in [-0.3, -0.25) is 4.79 Å². The Bertz CT molecular complexity index is 614. The molecule has 1 aromatic carbocycles. The molecule has 1 aliphatic heterocycles. The molecule has 1 unspecified atom stereocenters. The predicted octanol–water partition coefficient (Wildman–Crippen LogP) is 3.49. The Labute approximate surface area is 113 Å². The van der Waals surface area contributed by atoms with Crippen molar-refractivity contribution in [1.82, 2.24) is 9.88 Å². The van der Waals surface area contributed by atoms with Gasteiger partial charge in [0.1, 0.15) is 0 Å². The third-order valence-electron chi connectivity index (χ3n) is 4.17. The Hall–Kier alpha value is -1.77. The number of carbonyl (C=O) groups is 1. The summed E-state index contributed by atoms with van der Waals surface area (Å²) in [6.07, 6.45) is 3.47. The van der Waals surface area contributed by atoms with E-state index in [-0.39, 0.29) is 5.91 Å². The van der Waals surface area contributed by atoms with Gasteiger partial charge < -0.3 is 9.88 Å². The van der Waals surface area contributed by atoms with Crippen LogP contribution in [0.2, 0.25) is 0 Å². The summed E-state index contributed by atoms with van der Waals surface area (Å²) in [6, 6.07) is 8.40. The number of likely N-dealkylation sites (tertiary alicyclic amines) is 1. The number of hydrogen-bond donors (Lipinski definition) is 1. The molecule has 1 N–H and O–H groups in total. The third kappa shape index (κ3) is 2.03. The molecule has 1 saturated heterocycles. The minimum atomic E-state index is 0.183. The van der Waals surface area contributed by atoms with Crippen molar-refractivity contribution < 1.29 is 4.79 Å². The zero-order valence-corrected chi connectivity index (χ0v) is 11.6. The van der Waals surface area contributed by atoms with Gasteiger partial charge in [0.2, 0.25) is 0 Å². The lowest BCUT2D eigenvalue weighted by atomic mass is 10.0. The van der Waals surface area contributed by atoms with Crippen LogP contribution in [0.25, 0.3) is 10.9 Å². The quantitative estimate of drug-likeness (QED) is 0.833. The molecule has 100 valence electrons. The summed E-state index contributed by atoms with van der Waals surface area (Å²) in [5, 5.41) is 1.04. The highest BCUT2D eigenvalue weighted by Gasteiger charge is 2.27. The summed E-state index contributed by atoms with van der Waals surface area (Å²) >= 11 is 0. The molecular weight excluding hydrogens is 236 g/mol. The monoisotopic (exact) mass is 256 g/mol. The van der Waals surface area contributed by atoms with Crippen molar-refractivity contribution in [1.29, 1.82) is 0 Å². The molecule has 0 spiro atoms. The number of aromatic amines is 1. The van der Waals surface area contributed by atoms with Crippen molar-refractivity contribution in [2.45, 2.75) is 39.2 Å². The lowest BCUT2D eigenvalue weighted by molar-refractivity contribution is 0.0637. The SMILES string of the molecule is Cc1[nH]c2ccccc2c1C(=O)N1CCCCC1C. The van der Waals surface area contributed by atoms with Crippen LogP contribution in [0.1, 0.15) is 42.2 Å². The van der Waals surface area contributed by atoms with Crippen molar-refractivity contribution in [3.63, 3.8) is 0 Å². The average molecular weight is 256 g/mol. The maximum atomic E-state index is 12.8. The van der Waals surface area contributed by atoms with Crippen LogP contribution >= 0.6 is 0 Å². The normalized spacial score (nSPS) is 19.9. The summed E-state index contributed by atoms with van der Waals surface area (Å²) in [5.74, 6) is 0.183. The van der Waals surface area contributed by atoms with Gasteiger partial charge in [0.15, 0.2) is 0 Å². The lowest BCUT2D eigenvalue weighted by Crippen LogP contribution is -2.42. The van der Waals surface area contributed by atoms with Gasteiger partial charge in [-0.25, -0.2) is 0 Å². The molecule has 1 atom stereocenters. The molecule has 0 saturated carbocycles. The zero-order valence-electron chi connectivity index (χ0n) is 11.6. The van der Waals surface area contributed by atoms with Crippen LogP contribution in [0.3, 0.4) is 0 Å². The third-order valence-corrected chi connectivity index (χ3v) is 4.17. The number of piperidine rings is 1. The van der Waals surface area contributed by atoms with E-state index in [4.69, 9.17) is 0 Å². The lowest BCUT2D eigenvalue weighted by Gasteiger charge is -2.33. The number of nitrogens with one attached hydrogen (secondary N) is 1. The zero-order chi connectivity index (χ0) is 13.4. The van der Waals surface area contributed by atoms with Crippen LogP contribution < -0.4 is 0 Å². The number of rotatable bonds is 1. The topological polar surface area (TPSA) is 36.1 Å². The molecule has 1 aromatic heterocycles. The second-order valence-corrected chi connectivity index (χ2v) is 5.51. The van der Waals surface area contributed by atoms with Crippen molar-refractivity contribution >= 4 is 16.8 Å². The number of amides is 1. The molecule has 0 aliphatic carbocycles. The van der Waals surface area contributed by atoms with E-state index in [1.165, 1.54) is 6.42 Å². The second-order valence-electron chi connectivity index (χ2n) is 5.51. The van der Waals surface area contributed by atoms with Crippen LogP contribution in [0.4, 0.5) is 0 Å². The number of aromatic nitrogens is 1. The summed E-state index contributed by atoms with van der Waals surface area (Å²) in [6.45, 7) is 5.03. The number of nitrogens with zero attached hydrogens (tertiary/aromatic N) is 1. The Kier molecular flexibility index (Phi) is 3.05. The molecule has 19 heavy (non-hydrogen) atoms. The molecule has 1 amide bonds. The van der Waals surface area contributed by atoms with Crippen LogP contribution in [-0.4, -0.2) is 28.4 Å². The molecule has 2 aromatic rings. The first-order valence-electron chi connectivity index (χ1n) is 7.07. The fraction of sp³-hybridized carbons (Fsp3) is 0.438. The summed E-state index contributed by atoms with van der Waals surface area (Å²) in [7, 11) is 0. The smallest absolute Gasteiger partial charge is 0.256 e. The maximum absolute atomic E-state index is 12.8. The van der Waals surface area contributed by atoms with E-state index in [1.54, 1.807) is 0 Å². The largest absolute Gasteiger partial charge is 0.358 e. The number of hydrogen-bond acceptors (Lipinski definition) is 1. The first kappa shape index (κ1) is 12.3. The van der Waals surface area contributed by atoms with Crippen molar-refractivity contribution in [2.75, 3.05) is 6.54 Å². The number of H-pyrrole nitrogens is 1. The van der Waals surface area contributed by atoms with Crippen LogP contribution in [-0.2, 0) is 0 Å². The van der Waals surface area contributed by atoms with Crippen LogP contribution in [0.15, 0.2) is 24.3 Å². The first-order valence-corrected chi connectivity index (χ1v) is 7.07. The van der Waals surface area contributed by atoms with Gasteiger partial charge in [-0.05, 0) is 39.2 Å². The van der Waals surface area contributed by atoms with E-state index < -0.39 is 0 Å². The molecule has 2 heterocycles. The fourth-order valence-electron chi connectivity index (χ4n) is 3.10. The summed E-state index contributed by atoms with van der Waals surface area (Å²) in [4.78, 5) is 18.2. The van der Waals surface area contributed by atoms with Gasteiger partial charge in [-0.15, -0.1) is 0 Å². The Balaban J connectivity index is 2.03. The number of benzene rings is 1. The van der Waals surface area contributed by atoms with E-state index >= 15 is 0 Å². The van der Waals surface area contributed by atoms with Crippen LogP contribution in [0, 0.1) is 6.92 Å². The van der Waals surface area contributed by atoms with E-state index in [2.05, 4.69) is 11.9 Å². The number of carbonyl (C=O) groups excluding carboxylic acids is 1. The molecule has 3 heteroatoms. The second kappa shape index (κ2) is 4.72. The van der Waals surface area contributed by atoms with E-state index in [0.717, 1.165) is 41.5 Å². The van der Waals surface area contributed by atoms with Crippen molar-refractivity contribution in [2.24, 2.45) is 0 Å². The molecule has 0 bridgehead atoms. The van der Waals surface area contributed by atoms with Gasteiger partial charge in [0, 0.05) is 29.2 Å². The van der Waals surface area contributed by atoms with E-state index in [1.807, 2.05) is 36.1 Å². The highest BCUT2D eigenvalue weighted by Crippen LogP contribution is 2.26. The van der Waals surface area contributed by atoms with Gasteiger partial charge in [-0.2, -0.15) is 0 Å². The summed E-state index contributed by atoms with van der Waals surface area (Å²) < 4.78 is 0. The van der Waals surface area contributed by atoms with E-state index in [9.17, 15) is 4.79 Å². The van der Waals surface area contributed by atoms with Gasteiger partial charge in [-0.1, -0.05) is 18.2 Å². The number of aryl methyl sites for hydroxylation is 1. The van der Waals surface area contributed by atoms with Gasteiger partial charge >= 0.3 is 0 Å². The molecule has 3 rings (SSSR count). The number of fused-ring (bicyclic) bond motifs is 1. The van der Waals surface area contributed by atoms with Gasteiger partial charge in [0.05, 0.1) is 5.56 Å². The highest BCUT2D eigenvalue weighted by molar-refractivity contribution is 6.08. The molecule has 1 fully saturated rings. The Morgan fingerprint density at radius 2 is 2.11 bits per heavy atom. The van der Waals surface area contributed by atoms with Crippen LogP contribution in [0.5, 0.6) is 0 Å². The van der Waals surface area contributed by atoms with E-state index in [0.29, 0.717) is 6.04 Å². The molecule has 0 radical (unpaired) electrons. The molecular formula is C16H20N2O. The highest BCUT2D eigenvalue weighted by atomic mass is 16.2. The van der Waals surface area contributed by atoms with Crippen molar-refractivity contribution in [3.8, 4) is 0 Å². The summed E-state index contributed by atoms with van der Waals surface area (Å²) in [5.41, 5.74) is 2.88.